The van der Waals surface area contributed by atoms with E-state index in [4.69, 9.17) is 4.74 Å². The number of hydrogen-bond acceptors (Lipinski definition) is 5. The highest BCUT2D eigenvalue weighted by Gasteiger charge is 2.25. The van der Waals surface area contributed by atoms with Crippen LogP contribution in [0.25, 0.3) is 0 Å². The first-order valence-electron chi connectivity index (χ1n) is 7.30. The van der Waals surface area contributed by atoms with Crippen molar-refractivity contribution in [3.05, 3.63) is 46.4 Å². The van der Waals surface area contributed by atoms with Crippen LogP contribution in [0.4, 0.5) is 5.69 Å². The van der Waals surface area contributed by atoms with Crippen LogP contribution in [-0.4, -0.2) is 42.0 Å². The molecule has 2 aromatic rings. The Kier molecular flexibility index (Phi) is 4.82. The number of morpholine rings is 1. The van der Waals surface area contributed by atoms with Gasteiger partial charge in [0.25, 0.3) is 0 Å². The Labute approximate surface area is 133 Å². The number of benzene rings is 1. The van der Waals surface area contributed by atoms with Gasteiger partial charge in [-0.1, -0.05) is 17.7 Å². The van der Waals surface area contributed by atoms with E-state index in [2.05, 4.69) is 15.2 Å². The zero-order valence-corrected chi connectivity index (χ0v) is 13.3. The van der Waals surface area contributed by atoms with E-state index < -0.39 is 0 Å². The Morgan fingerprint density at radius 3 is 3.00 bits per heavy atom. The average Bonchev–Trinajstić information content (AvgIpc) is 3.04. The molecule has 116 valence electrons. The highest BCUT2D eigenvalue weighted by Crippen LogP contribution is 2.23. The summed E-state index contributed by atoms with van der Waals surface area (Å²) in [5.41, 5.74) is 2.01. The van der Waals surface area contributed by atoms with Crippen LogP contribution in [0, 0.1) is 6.92 Å². The summed E-state index contributed by atoms with van der Waals surface area (Å²) in [6.07, 6.45) is 1.76. The lowest BCUT2D eigenvalue weighted by atomic mass is 10.2. The maximum Gasteiger partial charge on any atom is 0.238 e. The minimum Gasteiger partial charge on any atom is -0.368 e. The van der Waals surface area contributed by atoms with Crippen LogP contribution in [-0.2, 0) is 9.53 Å². The molecule has 1 aliphatic rings. The van der Waals surface area contributed by atoms with Crippen molar-refractivity contribution in [1.82, 2.24) is 9.88 Å². The number of carbonyl (C=O) groups is 1. The van der Waals surface area contributed by atoms with Crippen LogP contribution < -0.4 is 5.32 Å². The molecule has 1 aliphatic heterocycles. The standard InChI is InChI=1S/C16H19N3O2S/c1-12-2-4-13(5-3-12)18-15(20)11-19-7-8-21-14(10-19)16-17-6-9-22-16/h2-6,9,14H,7-8,10-11H2,1H3,(H,18,20)/t14-/m0/s1. The van der Waals surface area contributed by atoms with Gasteiger partial charge >= 0.3 is 0 Å². The van der Waals surface area contributed by atoms with Crippen LogP contribution >= 0.6 is 11.3 Å². The van der Waals surface area contributed by atoms with Crippen molar-refractivity contribution >= 4 is 22.9 Å². The normalized spacial score (nSPS) is 19.0. The fourth-order valence-electron chi connectivity index (χ4n) is 2.43. The minimum absolute atomic E-state index is 0.00337. The summed E-state index contributed by atoms with van der Waals surface area (Å²) < 4.78 is 5.74. The van der Waals surface area contributed by atoms with Gasteiger partial charge < -0.3 is 10.1 Å². The zero-order valence-electron chi connectivity index (χ0n) is 12.5. The first kappa shape index (κ1) is 15.1. The summed E-state index contributed by atoms with van der Waals surface area (Å²) in [7, 11) is 0. The highest BCUT2D eigenvalue weighted by molar-refractivity contribution is 7.09. The third-order valence-corrected chi connectivity index (χ3v) is 4.45. The third-order valence-electron chi connectivity index (χ3n) is 3.58. The molecule has 1 fully saturated rings. The van der Waals surface area contributed by atoms with Gasteiger partial charge in [0.2, 0.25) is 5.91 Å². The lowest BCUT2D eigenvalue weighted by molar-refractivity contribution is -0.119. The Morgan fingerprint density at radius 1 is 1.45 bits per heavy atom. The van der Waals surface area contributed by atoms with Gasteiger partial charge in [-0.2, -0.15) is 0 Å². The average molecular weight is 317 g/mol. The van der Waals surface area contributed by atoms with Crippen molar-refractivity contribution in [2.45, 2.75) is 13.0 Å². The topological polar surface area (TPSA) is 54.5 Å². The molecule has 1 aromatic heterocycles. The summed E-state index contributed by atoms with van der Waals surface area (Å²) in [5, 5.41) is 5.85. The second-order valence-electron chi connectivity index (χ2n) is 5.38. The largest absolute Gasteiger partial charge is 0.368 e. The second-order valence-corrected chi connectivity index (χ2v) is 6.31. The highest BCUT2D eigenvalue weighted by atomic mass is 32.1. The van der Waals surface area contributed by atoms with Crippen LogP contribution in [0.3, 0.4) is 0 Å². The lowest BCUT2D eigenvalue weighted by Gasteiger charge is -2.31. The van der Waals surface area contributed by atoms with Crippen molar-refractivity contribution in [3.8, 4) is 0 Å². The van der Waals surface area contributed by atoms with Crippen LogP contribution in [0.5, 0.6) is 0 Å². The molecule has 22 heavy (non-hydrogen) atoms. The van der Waals surface area contributed by atoms with Gasteiger partial charge in [0.15, 0.2) is 0 Å². The fraction of sp³-hybridized carbons (Fsp3) is 0.375. The fourth-order valence-corrected chi connectivity index (χ4v) is 3.11. The molecule has 6 heteroatoms. The quantitative estimate of drug-likeness (QED) is 0.941. The molecule has 1 atom stereocenters. The molecule has 1 saturated heterocycles. The predicted molar refractivity (Wildman–Crippen MR) is 87.1 cm³/mol. The molecular formula is C16H19N3O2S. The van der Waals surface area contributed by atoms with E-state index in [1.165, 1.54) is 5.56 Å². The van der Waals surface area contributed by atoms with E-state index in [9.17, 15) is 4.79 Å². The van der Waals surface area contributed by atoms with E-state index >= 15 is 0 Å². The smallest absolute Gasteiger partial charge is 0.238 e. The van der Waals surface area contributed by atoms with Crippen molar-refractivity contribution < 1.29 is 9.53 Å². The van der Waals surface area contributed by atoms with Crippen LogP contribution in [0.2, 0.25) is 0 Å². The summed E-state index contributed by atoms with van der Waals surface area (Å²) in [6.45, 7) is 4.50. The van der Waals surface area contributed by atoms with E-state index in [0.29, 0.717) is 19.7 Å². The monoisotopic (exact) mass is 317 g/mol. The summed E-state index contributed by atoms with van der Waals surface area (Å²) >= 11 is 1.59. The zero-order chi connectivity index (χ0) is 15.4. The van der Waals surface area contributed by atoms with E-state index in [0.717, 1.165) is 17.2 Å². The van der Waals surface area contributed by atoms with Crippen molar-refractivity contribution in [2.75, 3.05) is 31.6 Å². The van der Waals surface area contributed by atoms with E-state index in [-0.39, 0.29) is 12.0 Å². The summed E-state index contributed by atoms with van der Waals surface area (Å²) in [6, 6.07) is 7.82. The SMILES string of the molecule is Cc1ccc(NC(=O)CN2CCO[C@H](c3nccs3)C2)cc1. The number of nitrogens with zero attached hydrogens (tertiary/aromatic N) is 2. The Balaban J connectivity index is 1.53. The molecule has 5 nitrogen and oxygen atoms in total. The predicted octanol–water partition coefficient (Wildman–Crippen LogP) is 2.46. The first-order valence-corrected chi connectivity index (χ1v) is 8.18. The number of hydrogen-bond donors (Lipinski definition) is 1. The lowest BCUT2D eigenvalue weighted by Crippen LogP contribution is -2.42. The first-order chi connectivity index (χ1) is 10.7. The third kappa shape index (κ3) is 3.91. The molecule has 3 rings (SSSR count). The molecule has 0 bridgehead atoms. The Hall–Kier alpha value is -1.76. The molecule has 0 aliphatic carbocycles. The summed E-state index contributed by atoms with van der Waals surface area (Å²) in [4.78, 5) is 18.6. The van der Waals surface area contributed by atoms with Gasteiger partial charge in [-0.15, -0.1) is 11.3 Å². The molecule has 0 unspecified atom stereocenters. The van der Waals surface area contributed by atoms with Crippen molar-refractivity contribution in [2.24, 2.45) is 0 Å². The number of ether oxygens (including phenoxy) is 1. The molecule has 0 spiro atoms. The van der Waals surface area contributed by atoms with Crippen LogP contribution in [0.1, 0.15) is 16.7 Å². The maximum absolute atomic E-state index is 12.2. The maximum atomic E-state index is 12.2. The summed E-state index contributed by atoms with van der Waals surface area (Å²) in [5.74, 6) is 0.00337. The molecule has 1 amide bonds. The number of rotatable bonds is 4. The Morgan fingerprint density at radius 2 is 2.27 bits per heavy atom. The minimum atomic E-state index is -0.0269. The van der Waals surface area contributed by atoms with Gasteiger partial charge in [-0.05, 0) is 19.1 Å². The van der Waals surface area contributed by atoms with Gasteiger partial charge in [0.05, 0.1) is 13.2 Å². The van der Waals surface area contributed by atoms with Gasteiger partial charge in [0.1, 0.15) is 11.1 Å². The number of carbonyl (C=O) groups excluding carboxylic acids is 1. The molecule has 2 heterocycles. The van der Waals surface area contributed by atoms with Gasteiger partial charge in [-0.25, -0.2) is 4.98 Å². The molecule has 1 aromatic carbocycles. The Bertz CT molecular complexity index is 613. The van der Waals surface area contributed by atoms with Gasteiger partial charge in [0, 0.05) is 30.4 Å². The number of aromatic nitrogens is 1. The van der Waals surface area contributed by atoms with Crippen molar-refractivity contribution in [1.29, 1.82) is 0 Å². The van der Waals surface area contributed by atoms with Gasteiger partial charge in [-0.3, -0.25) is 9.69 Å². The van der Waals surface area contributed by atoms with Crippen molar-refractivity contribution in [3.63, 3.8) is 0 Å². The molecule has 0 radical (unpaired) electrons. The number of thiazole rings is 1. The number of aryl methyl sites for hydroxylation is 1. The number of anilines is 1. The molecule has 1 N–H and O–H groups in total. The molecular weight excluding hydrogens is 298 g/mol. The van der Waals surface area contributed by atoms with Crippen LogP contribution in [0.15, 0.2) is 35.8 Å². The van der Waals surface area contributed by atoms with E-state index in [1.54, 1.807) is 17.5 Å². The second kappa shape index (κ2) is 7.00. The molecule has 0 saturated carbocycles. The number of nitrogens with one attached hydrogen (secondary N) is 1. The van der Waals surface area contributed by atoms with E-state index in [1.807, 2.05) is 36.6 Å². The number of amides is 1.